The molecule has 1 aliphatic heterocycles. The summed E-state index contributed by atoms with van der Waals surface area (Å²) >= 11 is 4.52. The van der Waals surface area contributed by atoms with Gasteiger partial charge < -0.3 is 5.32 Å². The van der Waals surface area contributed by atoms with E-state index in [0.717, 1.165) is 4.47 Å². The van der Waals surface area contributed by atoms with Crippen LogP contribution in [0.1, 0.15) is 6.42 Å². The van der Waals surface area contributed by atoms with Crippen LogP contribution in [0.3, 0.4) is 0 Å². The number of nitrogens with zero attached hydrogens (tertiary/aromatic N) is 1. The zero-order valence-corrected chi connectivity index (χ0v) is 15.5. The lowest BCUT2D eigenvalue weighted by Gasteiger charge is -2.14. The van der Waals surface area contributed by atoms with Crippen molar-refractivity contribution in [1.82, 2.24) is 0 Å². The fraction of sp³-hybridized carbons (Fsp3) is 0.167. The molecule has 5 nitrogen and oxygen atoms in total. The number of nitrogens with one attached hydrogen (secondary N) is 1. The van der Waals surface area contributed by atoms with Gasteiger partial charge in [0, 0.05) is 16.6 Å². The smallest absolute Gasteiger partial charge is 0.247 e. The lowest BCUT2D eigenvalue weighted by molar-refractivity contribution is -0.121. The van der Waals surface area contributed by atoms with Crippen LogP contribution >= 0.6 is 27.7 Å². The Labute approximate surface area is 157 Å². The quantitative estimate of drug-likeness (QED) is 0.754. The third kappa shape index (κ3) is 4.29. The summed E-state index contributed by atoms with van der Waals surface area (Å²) in [5, 5.41) is 2.25. The predicted molar refractivity (Wildman–Crippen MR) is 103 cm³/mol. The number of amides is 3. The van der Waals surface area contributed by atoms with Crippen molar-refractivity contribution in [2.45, 2.75) is 11.7 Å². The molecule has 1 heterocycles. The Kier molecular flexibility index (Phi) is 5.55. The molecule has 3 rings (SSSR count). The molecule has 1 atom stereocenters. The summed E-state index contributed by atoms with van der Waals surface area (Å²) in [5.41, 5.74) is 1.26. The molecular formula is C18H15BrN2O3S. The molecule has 0 unspecified atom stereocenters. The highest BCUT2D eigenvalue weighted by molar-refractivity contribution is 9.10. The van der Waals surface area contributed by atoms with Crippen LogP contribution in [0, 0.1) is 0 Å². The van der Waals surface area contributed by atoms with E-state index in [1.54, 1.807) is 36.4 Å². The summed E-state index contributed by atoms with van der Waals surface area (Å²) in [6, 6.07) is 16.1. The number of carbonyl (C=O) groups is 3. The molecular weight excluding hydrogens is 404 g/mol. The van der Waals surface area contributed by atoms with E-state index in [9.17, 15) is 14.4 Å². The SMILES string of the molecule is O=C(CS[C@H]1CC(=O)N(c2ccccc2)C1=O)Nc1ccc(Br)cc1. The van der Waals surface area contributed by atoms with Crippen molar-refractivity contribution >= 4 is 56.8 Å². The Hall–Kier alpha value is -2.12. The highest BCUT2D eigenvalue weighted by atomic mass is 79.9. The number of benzene rings is 2. The van der Waals surface area contributed by atoms with Crippen LogP contribution in [0.25, 0.3) is 0 Å². The number of hydrogen-bond acceptors (Lipinski definition) is 4. The van der Waals surface area contributed by atoms with Gasteiger partial charge >= 0.3 is 0 Å². The molecule has 0 aromatic heterocycles. The number of imide groups is 1. The first-order chi connectivity index (χ1) is 12.0. The first kappa shape index (κ1) is 17.7. The molecule has 1 aliphatic rings. The van der Waals surface area contributed by atoms with Gasteiger partial charge in [-0.15, -0.1) is 11.8 Å². The van der Waals surface area contributed by atoms with Crippen LogP contribution in [0.5, 0.6) is 0 Å². The van der Waals surface area contributed by atoms with Gasteiger partial charge in [0.2, 0.25) is 17.7 Å². The van der Waals surface area contributed by atoms with E-state index in [-0.39, 0.29) is 29.9 Å². The standard InChI is InChI=1S/C18H15BrN2O3S/c19-12-6-8-13(9-7-12)20-16(22)11-25-15-10-17(23)21(18(15)24)14-4-2-1-3-5-14/h1-9,15H,10-11H2,(H,20,22)/t15-/m0/s1. The average molecular weight is 419 g/mol. The van der Waals surface area contributed by atoms with E-state index in [2.05, 4.69) is 21.2 Å². The third-order valence-corrected chi connectivity index (χ3v) is 5.39. The van der Waals surface area contributed by atoms with E-state index >= 15 is 0 Å². The van der Waals surface area contributed by atoms with Gasteiger partial charge in [-0.3, -0.25) is 14.4 Å². The van der Waals surface area contributed by atoms with Crippen LogP contribution in [0.2, 0.25) is 0 Å². The third-order valence-electron chi connectivity index (χ3n) is 3.66. The molecule has 2 aromatic rings. The van der Waals surface area contributed by atoms with Crippen LogP contribution in [0.15, 0.2) is 59.1 Å². The predicted octanol–water partition coefficient (Wildman–Crippen LogP) is 3.45. The lowest BCUT2D eigenvalue weighted by Crippen LogP contribution is -2.31. The molecule has 3 amide bonds. The summed E-state index contributed by atoms with van der Waals surface area (Å²) in [6.45, 7) is 0. The van der Waals surface area contributed by atoms with E-state index in [0.29, 0.717) is 11.4 Å². The van der Waals surface area contributed by atoms with Gasteiger partial charge in [0.1, 0.15) is 0 Å². The maximum atomic E-state index is 12.5. The second-order valence-electron chi connectivity index (χ2n) is 5.46. The summed E-state index contributed by atoms with van der Waals surface area (Å²) in [5.74, 6) is -0.590. The number of rotatable bonds is 5. The molecule has 0 saturated carbocycles. The molecule has 1 N–H and O–H groups in total. The zero-order valence-electron chi connectivity index (χ0n) is 13.1. The monoisotopic (exact) mass is 418 g/mol. The molecule has 0 radical (unpaired) electrons. The summed E-state index contributed by atoms with van der Waals surface area (Å²) in [6.07, 6.45) is 0.115. The number of carbonyl (C=O) groups excluding carboxylic acids is 3. The van der Waals surface area contributed by atoms with Gasteiger partial charge in [0.05, 0.1) is 16.7 Å². The normalized spacial score (nSPS) is 17.0. The van der Waals surface area contributed by atoms with Crippen LogP contribution in [0.4, 0.5) is 11.4 Å². The highest BCUT2D eigenvalue weighted by Gasteiger charge is 2.39. The van der Waals surface area contributed by atoms with Gasteiger partial charge in [-0.1, -0.05) is 34.1 Å². The van der Waals surface area contributed by atoms with E-state index < -0.39 is 5.25 Å². The summed E-state index contributed by atoms with van der Waals surface area (Å²) < 4.78 is 0.927. The number of anilines is 2. The highest BCUT2D eigenvalue weighted by Crippen LogP contribution is 2.29. The molecule has 25 heavy (non-hydrogen) atoms. The second kappa shape index (κ2) is 7.84. The first-order valence-electron chi connectivity index (χ1n) is 7.63. The molecule has 1 saturated heterocycles. The Morgan fingerprint density at radius 1 is 1.12 bits per heavy atom. The second-order valence-corrected chi connectivity index (χ2v) is 7.57. The minimum atomic E-state index is -0.525. The van der Waals surface area contributed by atoms with Crippen molar-refractivity contribution < 1.29 is 14.4 Å². The van der Waals surface area contributed by atoms with E-state index in [1.165, 1.54) is 16.7 Å². The van der Waals surface area contributed by atoms with E-state index in [1.807, 2.05) is 18.2 Å². The zero-order chi connectivity index (χ0) is 17.8. The minimum Gasteiger partial charge on any atom is -0.325 e. The summed E-state index contributed by atoms with van der Waals surface area (Å²) in [4.78, 5) is 37.9. The molecule has 0 spiro atoms. The Morgan fingerprint density at radius 3 is 2.48 bits per heavy atom. The summed E-state index contributed by atoms with van der Waals surface area (Å²) in [7, 11) is 0. The van der Waals surface area contributed by atoms with Crippen molar-refractivity contribution in [2.75, 3.05) is 16.0 Å². The molecule has 0 aliphatic carbocycles. The lowest BCUT2D eigenvalue weighted by atomic mass is 10.3. The van der Waals surface area contributed by atoms with Gasteiger partial charge in [-0.05, 0) is 36.4 Å². The van der Waals surface area contributed by atoms with Gasteiger partial charge in [0.15, 0.2) is 0 Å². The Morgan fingerprint density at radius 2 is 1.80 bits per heavy atom. The van der Waals surface area contributed by atoms with Crippen molar-refractivity contribution in [3.05, 3.63) is 59.1 Å². The molecule has 2 aromatic carbocycles. The Balaban J connectivity index is 1.57. The maximum absolute atomic E-state index is 12.5. The van der Waals surface area contributed by atoms with Crippen molar-refractivity contribution in [1.29, 1.82) is 0 Å². The number of thioether (sulfide) groups is 1. The average Bonchev–Trinajstić information content (AvgIpc) is 2.89. The number of hydrogen-bond donors (Lipinski definition) is 1. The molecule has 1 fully saturated rings. The topological polar surface area (TPSA) is 66.5 Å². The minimum absolute atomic E-state index is 0.113. The van der Waals surface area contributed by atoms with E-state index in [4.69, 9.17) is 0 Å². The molecule has 7 heteroatoms. The van der Waals surface area contributed by atoms with Crippen LogP contribution in [-0.4, -0.2) is 28.7 Å². The van der Waals surface area contributed by atoms with Crippen molar-refractivity contribution in [3.63, 3.8) is 0 Å². The van der Waals surface area contributed by atoms with Crippen molar-refractivity contribution in [3.8, 4) is 0 Å². The van der Waals surface area contributed by atoms with Gasteiger partial charge in [-0.2, -0.15) is 0 Å². The van der Waals surface area contributed by atoms with Crippen LogP contribution in [-0.2, 0) is 14.4 Å². The van der Waals surface area contributed by atoms with Gasteiger partial charge in [0.25, 0.3) is 0 Å². The largest absolute Gasteiger partial charge is 0.325 e. The number of halogens is 1. The van der Waals surface area contributed by atoms with Crippen molar-refractivity contribution in [2.24, 2.45) is 0 Å². The molecule has 128 valence electrons. The fourth-order valence-electron chi connectivity index (χ4n) is 2.49. The van der Waals surface area contributed by atoms with Crippen LogP contribution < -0.4 is 10.2 Å². The maximum Gasteiger partial charge on any atom is 0.247 e. The molecule has 0 bridgehead atoms. The first-order valence-corrected chi connectivity index (χ1v) is 9.47. The number of para-hydroxylation sites is 1. The van der Waals surface area contributed by atoms with Gasteiger partial charge in [-0.25, -0.2) is 4.90 Å². The Bertz CT molecular complexity index is 796. The fourth-order valence-corrected chi connectivity index (χ4v) is 3.69.